The van der Waals surface area contributed by atoms with E-state index < -0.39 is 0 Å². The van der Waals surface area contributed by atoms with Crippen LogP contribution in [0.15, 0.2) is 30.5 Å². The van der Waals surface area contributed by atoms with E-state index in [0.717, 1.165) is 0 Å². The lowest BCUT2D eigenvalue weighted by atomic mass is 10.2. The third-order valence-electron chi connectivity index (χ3n) is 2.87. The first-order valence-corrected chi connectivity index (χ1v) is 6.73. The number of H-pyrrole nitrogens is 1. The summed E-state index contributed by atoms with van der Waals surface area (Å²) >= 11 is 0. The van der Waals surface area contributed by atoms with E-state index in [1.807, 2.05) is 6.07 Å². The summed E-state index contributed by atoms with van der Waals surface area (Å²) in [6.07, 6.45) is 2.46. The number of aromatic amines is 1. The van der Waals surface area contributed by atoms with Gasteiger partial charge in [0.05, 0.1) is 31.5 Å². The van der Waals surface area contributed by atoms with Crippen LogP contribution in [0.2, 0.25) is 0 Å². The van der Waals surface area contributed by atoms with Crippen molar-refractivity contribution in [3.63, 3.8) is 0 Å². The summed E-state index contributed by atoms with van der Waals surface area (Å²) < 4.78 is 10.7. The molecule has 0 spiro atoms. The van der Waals surface area contributed by atoms with Crippen molar-refractivity contribution < 1.29 is 14.3 Å². The molecule has 22 heavy (non-hydrogen) atoms. The fraction of sp³-hybridized carbons (Fsp3) is 0.267. The Bertz CT molecular complexity index is 662. The van der Waals surface area contributed by atoms with E-state index in [4.69, 9.17) is 14.7 Å². The highest BCUT2D eigenvalue weighted by atomic mass is 16.5. The van der Waals surface area contributed by atoms with Crippen molar-refractivity contribution in [1.29, 1.82) is 5.26 Å². The van der Waals surface area contributed by atoms with Gasteiger partial charge in [-0.1, -0.05) is 0 Å². The molecule has 1 heterocycles. The maximum Gasteiger partial charge on any atom is 0.225 e. The molecule has 0 aliphatic rings. The van der Waals surface area contributed by atoms with E-state index in [0.29, 0.717) is 42.3 Å². The molecule has 1 aromatic carbocycles. The summed E-state index contributed by atoms with van der Waals surface area (Å²) in [5, 5.41) is 17.9. The number of carbonyl (C=O) groups excluding carboxylic acids is 1. The van der Waals surface area contributed by atoms with Crippen LogP contribution in [0.3, 0.4) is 0 Å². The van der Waals surface area contributed by atoms with Gasteiger partial charge in [0, 0.05) is 18.6 Å². The first kappa shape index (κ1) is 15.4. The first-order valence-electron chi connectivity index (χ1n) is 6.73. The number of rotatable bonds is 7. The van der Waals surface area contributed by atoms with Crippen LogP contribution >= 0.6 is 0 Å². The number of ether oxygens (including phenoxy) is 2. The molecule has 1 amide bonds. The van der Waals surface area contributed by atoms with Gasteiger partial charge in [-0.15, -0.1) is 0 Å². The lowest BCUT2D eigenvalue weighted by Gasteiger charge is -2.10. The zero-order valence-electron chi connectivity index (χ0n) is 12.1. The van der Waals surface area contributed by atoms with Gasteiger partial charge in [0.1, 0.15) is 5.82 Å². The Morgan fingerprint density at radius 1 is 1.41 bits per heavy atom. The van der Waals surface area contributed by atoms with Crippen molar-refractivity contribution in [2.45, 2.75) is 12.8 Å². The zero-order chi connectivity index (χ0) is 15.8. The van der Waals surface area contributed by atoms with Crippen LogP contribution in [0, 0.1) is 11.3 Å². The average molecular weight is 300 g/mol. The van der Waals surface area contributed by atoms with Crippen LogP contribution < -0.4 is 14.8 Å². The number of amides is 1. The van der Waals surface area contributed by atoms with Crippen LogP contribution in [0.4, 0.5) is 5.82 Å². The van der Waals surface area contributed by atoms with Gasteiger partial charge in [-0.2, -0.15) is 10.4 Å². The molecule has 0 saturated carbocycles. The predicted molar refractivity (Wildman–Crippen MR) is 79.7 cm³/mol. The second kappa shape index (κ2) is 7.69. The molecule has 1 aromatic heterocycles. The third kappa shape index (κ3) is 4.24. The number of methoxy groups -OCH3 is 1. The highest BCUT2D eigenvalue weighted by Gasteiger charge is 2.07. The van der Waals surface area contributed by atoms with E-state index >= 15 is 0 Å². The van der Waals surface area contributed by atoms with Gasteiger partial charge >= 0.3 is 0 Å². The highest BCUT2D eigenvalue weighted by molar-refractivity contribution is 5.89. The fourth-order valence-corrected chi connectivity index (χ4v) is 1.81. The Hall–Kier alpha value is -3.01. The van der Waals surface area contributed by atoms with E-state index in [-0.39, 0.29) is 5.91 Å². The summed E-state index contributed by atoms with van der Waals surface area (Å²) in [5.74, 6) is 1.51. The van der Waals surface area contributed by atoms with Crippen molar-refractivity contribution in [3.8, 4) is 17.6 Å². The van der Waals surface area contributed by atoms with E-state index in [1.165, 1.54) is 7.11 Å². The number of nitrogens with one attached hydrogen (secondary N) is 2. The molecule has 7 nitrogen and oxygen atoms in total. The Morgan fingerprint density at radius 2 is 2.27 bits per heavy atom. The minimum Gasteiger partial charge on any atom is -0.493 e. The number of aromatic nitrogens is 2. The minimum atomic E-state index is -0.111. The minimum absolute atomic E-state index is 0.111. The Morgan fingerprint density at radius 3 is 2.95 bits per heavy atom. The summed E-state index contributed by atoms with van der Waals surface area (Å²) in [4.78, 5) is 11.7. The van der Waals surface area contributed by atoms with E-state index in [2.05, 4.69) is 15.5 Å². The normalized spacial score (nSPS) is 9.82. The van der Waals surface area contributed by atoms with Gasteiger partial charge in [0.15, 0.2) is 11.5 Å². The van der Waals surface area contributed by atoms with Gasteiger partial charge < -0.3 is 14.8 Å². The molecular weight excluding hydrogens is 284 g/mol. The molecule has 0 radical (unpaired) electrons. The van der Waals surface area contributed by atoms with Gasteiger partial charge in [0.2, 0.25) is 5.91 Å². The van der Waals surface area contributed by atoms with Crippen LogP contribution in [-0.2, 0) is 4.79 Å². The average Bonchev–Trinajstić information content (AvgIpc) is 3.04. The standard InChI is InChI=1S/C15H16N4O3/c1-21-13-9-11(10-16)4-5-12(13)22-8-2-3-15(20)18-14-6-7-17-19-14/h4-7,9H,2-3,8H2,1H3,(H2,17,18,19,20). The number of hydrogen-bond donors (Lipinski definition) is 2. The Balaban J connectivity index is 1.77. The van der Waals surface area contributed by atoms with Gasteiger partial charge in [-0.3, -0.25) is 9.89 Å². The molecule has 0 aliphatic heterocycles. The van der Waals surface area contributed by atoms with Crippen LogP contribution in [0.1, 0.15) is 18.4 Å². The fourth-order valence-electron chi connectivity index (χ4n) is 1.81. The molecule has 0 bridgehead atoms. The van der Waals surface area contributed by atoms with E-state index in [1.54, 1.807) is 30.5 Å². The number of carbonyl (C=O) groups is 1. The van der Waals surface area contributed by atoms with Crippen molar-refractivity contribution in [3.05, 3.63) is 36.0 Å². The van der Waals surface area contributed by atoms with Gasteiger partial charge in [0.25, 0.3) is 0 Å². The third-order valence-corrected chi connectivity index (χ3v) is 2.87. The maximum absolute atomic E-state index is 11.7. The first-order chi connectivity index (χ1) is 10.7. The molecule has 0 fully saturated rings. The number of benzene rings is 1. The number of nitriles is 1. The summed E-state index contributed by atoms with van der Waals surface area (Å²) in [7, 11) is 1.52. The number of anilines is 1. The molecule has 0 atom stereocenters. The van der Waals surface area contributed by atoms with Crippen LogP contribution in [-0.4, -0.2) is 29.8 Å². The molecule has 2 rings (SSSR count). The maximum atomic E-state index is 11.7. The van der Waals surface area contributed by atoms with Gasteiger partial charge in [-0.25, -0.2) is 0 Å². The highest BCUT2D eigenvalue weighted by Crippen LogP contribution is 2.27. The van der Waals surface area contributed by atoms with Crippen molar-refractivity contribution in [1.82, 2.24) is 10.2 Å². The van der Waals surface area contributed by atoms with Crippen LogP contribution in [0.25, 0.3) is 0 Å². The summed E-state index contributed by atoms with van der Waals surface area (Å²) in [6, 6.07) is 8.66. The van der Waals surface area contributed by atoms with E-state index in [9.17, 15) is 4.79 Å². The smallest absolute Gasteiger partial charge is 0.225 e. The largest absolute Gasteiger partial charge is 0.493 e. The molecule has 0 unspecified atom stereocenters. The Labute approximate surface area is 127 Å². The molecule has 114 valence electrons. The molecule has 2 aromatic rings. The molecular formula is C15H16N4O3. The Kier molecular flexibility index (Phi) is 5.37. The monoisotopic (exact) mass is 300 g/mol. The molecule has 2 N–H and O–H groups in total. The zero-order valence-corrected chi connectivity index (χ0v) is 12.1. The topological polar surface area (TPSA) is 100 Å². The quantitative estimate of drug-likeness (QED) is 0.763. The number of hydrogen-bond acceptors (Lipinski definition) is 5. The summed E-state index contributed by atoms with van der Waals surface area (Å²) in [6.45, 7) is 0.374. The van der Waals surface area contributed by atoms with Crippen molar-refractivity contribution in [2.75, 3.05) is 19.0 Å². The van der Waals surface area contributed by atoms with Crippen molar-refractivity contribution >= 4 is 11.7 Å². The van der Waals surface area contributed by atoms with Gasteiger partial charge in [-0.05, 0) is 18.6 Å². The number of nitrogens with zero attached hydrogens (tertiary/aromatic N) is 2. The van der Waals surface area contributed by atoms with Crippen molar-refractivity contribution in [2.24, 2.45) is 0 Å². The van der Waals surface area contributed by atoms with Crippen LogP contribution in [0.5, 0.6) is 11.5 Å². The lowest BCUT2D eigenvalue weighted by molar-refractivity contribution is -0.116. The SMILES string of the molecule is COc1cc(C#N)ccc1OCCCC(=O)Nc1ccn[nH]1. The second-order valence-electron chi connectivity index (χ2n) is 4.45. The predicted octanol–water partition coefficient (Wildman–Crippen LogP) is 2.09. The summed E-state index contributed by atoms with van der Waals surface area (Å²) in [5.41, 5.74) is 0.503. The molecule has 7 heteroatoms. The lowest BCUT2D eigenvalue weighted by Crippen LogP contribution is -2.13. The molecule has 0 saturated heterocycles. The second-order valence-corrected chi connectivity index (χ2v) is 4.45. The molecule has 0 aliphatic carbocycles.